The van der Waals surface area contributed by atoms with Crippen molar-refractivity contribution in [2.45, 2.75) is 27.3 Å². The summed E-state index contributed by atoms with van der Waals surface area (Å²) in [5.41, 5.74) is 5.03. The lowest BCUT2D eigenvalue weighted by atomic mass is 10.0. The number of hydrogen-bond acceptors (Lipinski definition) is 3. The monoisotopic (exact) mass is 380 g/mol. The average molecular weight is 380 g/mol. The number of aromatic nitrogens is 2. The molecule has 4 rings (SSSR count). The molecule has 1 saturated heterocycles. The quantitative estimate of drug-likeness (QED) is 0.756. The molecule has 1 fully saturated rings. The second-order valence-corrected chi connectivity index (χ2v) is 7.63. The highest BCUT2D eigenvalue weighted by Crippen LogP contribution is 2.20. The van der Waals surface area contributed by atoms with E-state index in [-0.39, 0.29) is 11.7 Å². The molecule has 3 heterocycles. The van der Waals surface area contributed by atoms with Crippen LogP contribution >= 0.6 is 0 Å². The number of aromatic amines is 1. The summed E-state index contributed by atoms with van der Waals surface area (Å²) < 4.78 is 13.7. The normalized spacial score (nSPS) is 15.4. The van der Waals surface area contributed by atoms with Gasteiger partial charge in [0, 0.05) is 44.3 Å². The molecular weight excluding hydrogens is 355 g/mol. The van der Waals surface area contributed by atoms with E-state index in [1.54, 1.807) is 13.0 Å². The lowest BCUT2D eigenvalue weighted by molar-refractivity contribution is 0.0627. The Morgan fingerprint density at radius 2 is 1.86 bits per heavy atom. The minimum atomic E-state index is -0.153. The van der Waals surface area contributed by atoms with Crippen molar-refractivity contribution in [3.05, 3.63) is 64.2 Å². The number of fused-ring (bicyclic) bond motifs is 1. The topological polar surface area (TPSA) is 52.2 Å². The Balaban J connectivity index is 1.43. The summed E-state index contributed by atoms with van der Waals surface area (Å²) in [4.78, 5) is 24.8. The van der Waals surface area contributed by atoms with Crippen LogP contribution in [-0.4, -0.2) is 51.9 Å². The van der Waals surface area contributed by atoms with Crippen molar-refractivity contribution < 1.29 is 9.18 Å². The van der Waals surface area contributed by atoms with E-state index in [0.717, 1.165) is 47.5 Å². The molecule has 0 radical (unpaired) electrons. The van der Waals surface area contributed by atoms with Gasteiger partial charge in [0.15, 0.2) is 0 Å². The number of aryl methyl sites for hydroxylation is 3. The summed E-state index contributed by atoms with van der Waals surface area (Å²) in [5.74, 6) is -0.110. The van der Waals surface area contributed by atoms with Crippen LogP contribution in [0.15, 0.2) is 30.5 Å². The molecule has 5 nitrogen and oxygen atoms in total. The first-order valence-electron chi connectivity index (χ1n) is 9.64. The third-order valence-corrected chi connectivity index (χ3v) is 5.63. The van der Waals surface area contributed by atoms with Gasteiger partial charge < -0.3 is 9.88 Å². The van der Waals surface area contributed by atoms with Crippen molar-refractivity contribution in [1.29, 1.82) is 0 Å². The molecule has 0 unspecified atom stereocenters. The summed E-state index contributed by atoms with van der Waals surface area (Å²) in [5, 5.41) is 0.953. The number of H-pyrrole nitrogens is 1. The van der Waals surface area contributed by atoms with Gasteiger partial charge in [-0.25, -0.2) is 9.37 Å². The smallest absolute Gasteiger partial charge is 0.255 e. The minimum Gasteiger partial charge on any atom is -0.346 e. The number of nitrogens with zero attached hydrogens (tertiary/aromatic N) is 3. The molecule has 1 aliphatic rings. The van der Waals surface area contributed by atoms with Crippen molar-refractivity contribution >= 4 is 16.9 Å². The van der Waals surface area contributed by atoms with Gasteiger partial charge in [0.2, 0.25) is 0 Å². The first-order valence-corrected chi connectivity index (χ1v) is 9.64. The first kappa shape index (κ1) is 18.6. The van der Waals surface area contributed by atoms with Gasteiger partial charge in [-0.15, -0.1) is 0 Å². The highest BCUT2D eigenvalue weighted by Gasteiger charge is 2.24. The molecule has 28 heavy (non-hydrogen) atoms. The van der Waals surface area contributed by atoms with E-state index in [1.165, 1.54) is 0 Å². The van der Waals surface area contributed by atoms with Crippen molar-refractivity contribution in [2.75, 3.05) is 26.2 Å². The maximum absolute atomic E-state index is 13.7. The molecule has 1 N–H and O–H groups in total. The molecular formula is C22H25FN4O. The molecule has 0 bridgehead atoms. The third-order valence-electron chi connectivity index (χ3n) is 5.63. The number of rotatable bonds is 3. The Labute approximate surface area is 164 Å². The molecule has 0 aliphatic carbocycles. The van der Waals surface area contributed by atoms with Gasteiger partial charge in [-0.2, -0.15) is 0 Å². The Morgan fingerprint density at radius 3 is 2.61 bits per heavy atom. The number of halogens is 1. The number of carbonyl (C=O) groups is 1. The maximum Gasteiger partial charge on any atom is 0.255 e. The molecule has 0 spiro atoms. The number of pyridine rings is 1. The molecule has 1 aliphatic heterocycles. The zero-order valence-electron chi connectivity index (χ0n) is 16.6. The Kier molecular flexibility index (Phi) is 4.89. The summed E-state index contributed by atoms with van der Waals surface area (Å²) >= 11 is 0. The second kappa shape index (κ2) is 7.36. The number of nitrogens with one attached hydrogen (secondary N) is 1. The molecule has 2 aromatic heterocycles. The van der Waals surface area contributed by atoms with Gasteiger partial charge in [-0.1, -0.05) is 6.07 Å². The Bertz CT molecular complexity index is 1030. The van der Waals surface area contributed by atoms with Crippen LogP contribution < -0.4 is 0 Å². The van der Waals surface area contributed by atoms with Crippen molar-refractivity contribution in [3.63, 3.8) is 0 Å². The summed E-state index contributed by atoms with van der Waals surface area (Å²) in [6.07, 6.45) is 1.84. The lowest BCUT2D eigenvalue weighted by Gasteiger charge is -2.35. The third kappa shape index (κ3) is 3.52. The van der Waals surface area contributed by atoms with Crippen LogP contribution in [0.2, 0.25) is 0 Å². The van der Waals surface area contributed by atoms with E-state index in [0.29, 0.717) is 24.2 Å². The van der Waals surface area contributed by atoms with E-state index in [9.17, 15) is 9.18 Å². The Morgan fingerprint density at radius 1 is 1.11 bits per heavy atom. The van der Waals surface area contributed by atoms with Crippen molar-refractivity contribution in [2.24, 2.45) is 0 Å². The number of amides is 1. The number of carbonyl (C=O) groups excluding carboxylic acids is 1. The zero-order valence-corrected chi connectivity index (χ0v) is 16.6. The van der Waals surface area contributed by atoms with Crippen LogP contribution in [0.25, 0.3) is 11.0 Å². The average Bonchev–Trinajstić information content (AvgIpc) is 3.12. The number of piperazine rings is 1. The summed E-state index contributed by atoms with van der Waals surface area (Å²) in [6.45, 7) is 9.39. The fourth-order valence-corrected chi connectivity index (χ4v) is 3.82. The highest BCUT2D eigenvalue weighted by molar-refractivity contribution is 5.98. The van der Waals surface area contributed by atoms with Crippen LogP contribution in [0, 0.1) is 26.6 Å². The minimum absolute atomic E-state index is 0.0431. The zero-order chi connectivity index (χ0) is 19.8. The van der Waals surface area contributed by atoms with Gasteiger partial charge in [-0.3, -0.25) is 9.69 Å². The van der Waals surface area contributed by atoms with E-state index in [2.05, 4.69) is 14.9 Å². The molecule has 1 aromatic carbocycles. The largest absolute Gasteiger partial charge is 0.346 e. The summed E-state index contributed by atoms with van der Waals surface area (Å²) in [6, 6.07) is 7.40. The number of hydrogen-bond donors (Lipinski definition) is 1. The van der Waals surface area contributed by atoms with Crippen LogP contribution in [0.5, 0.6) is 0 Å². The SMILES string of the molecule is Cc1cc(CN2CCN(C(=O)c3cc4cc[nH]c4nc3C)CC2)c(C)cc1F. The van der Waals surface area contributed by atoms with Crippen LogP contribution in [-0.2, 0) is 6.54 Å². The molecule has 1 amide bonds. The van der Waals surface area contributed by atoms with E-state index in [1.807, 2.05) is 43.1 Å². The van der Waals surface area contributed by atoms with Gasteiger partial charge in [0.1, 0.15) is 11.5 Å². The van der Waals surface area contributed by atoms with Crippen LogP contribution in [0.4, 0.5) is 4.39 Å². The molecule has 6 heteroatoms. The van der Waals surface area contributed by atoms with E-state index < -0.39 is 0 Å². The van der Waals surface area contributed by atoms with Gasteiger partial charge in [0.05, 0.1) is 11.3 Å². The number of benzene rings is 1. The van der Waals surface area contributed by atoms with Gasteiger partial charge >= 0.3 is 0 Å². The predicted octanol–water partition coefficient (Wildman–Crippen LogP) is 3.59. The van der Waals surface area contributed by atoms with Gasteiger partial charge in [0.25, 0.3) is 5.91 Å². The van der Waals surface area contributed by atoms with E-state index in [4.69, 9.17) is 0 Å². The fourth-order valence-electron chi connectivity index (χ4n) is 3.82. The van der Waals surface area contributed by atoms with Crippen molar-refractivity contribution in [3.8, 4) is 0 Å². The molecule has 0 saturated carbocycles. The summed E-state index contributed by atoms with van der Waals surface area (Å²) in [7, 11) is 0. The first-order chi connectivity index (χ1) is 13.4. The van der Waals surface area contributed by atoms with Crippen molar-refractivity contribution in [1.82, 2.24) is 19.8 Å². The Hall–Kier alpha value is -2.73. The second-order valence-electron chi connectivity index (χ2n) is 7.63. The van der Waals surface area contributed by atoms with E-state index >= 15 is 0 Å². The predicted molar refractivity (Wildman–Crippen MR) is 108 cm³/mol. The van der Waals surface area contributed by atoms with Gasteiger partial charge in [-0.05, 0) is 55.7 Å². The highest BCUT2D eigenvalue weighted by atomic mass is 19.1. The molecule has 0 atom stereocenters. The van der Waals surface area contributed by atoms with Crippen LogP contribution in [0.3, 0.4) is 0 Å². The maximum atomic E-state index is 13.7. The molecule has 146 valence electrons. The lowest BCUT2D eigenvalue weighted by Crippen LogP contribution is -2.48. The molecule has 3 aromatic rings. The van der Waals surface area contributed by atoms with Crippen LogP contribution in [0.1, 0.15) is 32.7 Å². The fraction of sp³-hybridized carbons (Fsp3) is 0.364. The standard InChI is InChI=1S/C22H25FN4O/c1-14-11-20(23)15(2)10-18(14)13-26-6-8-27(9-7-26)22(28)19-12-17-4-5-24-21(17)25-16(19)3/h4-5,10-12H,6-9,13H2,1-3H3,(H,24,25).